The number of benzene rings is 1. The first-order valence-corrected chi connectivity index (χ1v) is 12.1. The van der Waals surface area contributed by atoms with Gasteiger partial charge in [-0.25, -0.2) is 4.99 Å². The minimum atomic E-state index is 0. The zero-order valence-corrected chi connectivity index (χ0v) is 22.6. The molecule has 32 heavy (non-hydrogen) atoms. The molecule has 2 aliphatic heterocycles. The van der Waals surface area contributed by atoms with Crippen LogP contribution < -0.4 is 15.5 Å². The van der Waals surface area contributed by atoms with E-state index in [0.717, 1.165) is 57.4 Å². The molecule has 2 saturated heterocycles. The van der Waals surface area contributed by atoms with Crippen LogP contribution in [0, 0.1) is 11.8 Å². The Hall–Kier alpha value is -1.51. The van der Waals surface area contributed by atoms with Gasteiger partial charge in [0.05, 0.1) is 6.54 Å². The molecule has 7 heteroatoms. The predicted octanol–water partition coefficient (Wildman–Crippen LogP) is 4.24. The maximum atomic E-state index is 12.2. The average molecular weight is 556 g/mol. The Balaban J connectivity index is 0.00000363. The number of guanidine groups is 1. The van der Waals surface area contributed by atoms with Crippen molar-refractivity contribution in [2.45, 2.75) is 66.0 Å². The van der Waals surface area contributed by atoms with Crippen LogP contribution in [0.3, 0.4) is 0 Å². The highest BCUT2D eigenvalue weighted by molar-refractivity contribution is 14.0. The van der Waals surface area contributed by atoms with E-state index in [1.54, 1.807) is 0 Å². The van der Waals surface area contributed by atoms with Crippen LogP contribution >= 0.6 is 24.0 Å². The summed E-state index contributed by atoms with van der Waals surface area (Å²) in [6, 6.07) is 9.25. The molecule has 3 rings (SSSR count). The monoisotopic (exact) mass is 555 g/mol. The molecule has 0 unspecified atom stereocenters. The topological polar surface area (TPSA) is 60.0 Å². The molecule has 0 atom stereocenters. The summed E-state index contributed by atoms with van der Waals surface area (Å²) in [5.74, 6) is 2.06. The lowest BCUT2D eigenvalue weighted by Gasteiger charge is -2.34. The molecule has 0 aromatic heterocycles. The summed E-state index contributed by atoms with van der Waals surface area (Å²) in [6.45, 7) is 13.9. The first-order chi connectivity index (χ1) is 15.0. The van der Waals surface area contributed by atoms with Gasteiger partial charge in [0.1, 0.15) is 0 Å². The summed E-state index contributed by atoms with van der Waals surface area (Å²) < 4.78 is 0. The van der Waals surface area contributed by atoms with E-state index >= 15 is 0 Å². The fourth-order valence-corrected chi connectivity index (χ4v) is 4.37. The number of anilines is 1. The number of aliphatic imine (C=N–C) groups is 1. The Kier molecular flexibility index (Phi) is 11.1. The highest BCUT2D eigenvalue weighted by Crippen LogP contribution is 2.23. The number of halogens is 1. The molecule has 2 fully saturated rings. The fourth-order valence-electron chi connectivity index (χ4n) is 4.37. The van der Waals surface area contributed by atoms with Crippen molar-refractivity contribution >= 4 is 41.5 Å². The Morgan fingerprint density at radius 2 is 1.69 bits per heavy atom. The van der Waals surface area contributed by atoms with Gasteiger partial charge in [0.25, 0.3) is 0 Å². The van der Waals surface area contributed by atoms with Crippen LogP contribution in [0.5, 0.6) is 0 Å². The lowest BCUT2D eigenvalue weighted by atomic mass is 9.99. The number of nitrogens with one attached hydrogen (secondary N) is 2. The second-order valence-corrected chi connectivity index (χ2v) is 9.43. The molecule has 1 aromatic carbocycles. The number of piperidine rings is 2. The zero-order chi connectivity index (χ0) is 22.2. The average Bonchev–Trinajstić information content (AvgIpc) is 2.78. The van der Waals surface area contributed by atoms with Gasteiger partial charge in [-0.05, 0) is 56.2 Å². The summed E-state index contributed by atoms with van der Waals surface area (Å²) in [4.78, 5) is 21.5. The van der Waals surface area contributed by atoms with E-state index in [9.17, 15) is 4.79 Å². The standard InChI is InChI=1S/C25H41N5O.HI/c1-5-26-25(28-22-12-16-30(17-13-22)24(31)19(2)3)27-18-21-6-8-23(9-7-21)29-14-10-20(4)11-15-29;/h6-9,19-20,22H,5,10-18H2,1-4H3,(H2,26,27,28);1H. The minimum absolute atomic E-state index is 0. The zero-order valence-electron chi connectivity index (χ0n) is 20.3. The van der Waals surface area contributed by atoms with Gasteiger partial charge < -0.3 is 20.4 Å². The Morgan fingerprint density at radius 1 is 1.06 bits per heavy atom. The van der Waals surface area contributed by atoms with Crippen LogP contribution in [0.4, 0.5) is 5.69 Å². The lowest BCUT2D eigenvalue weighted by Crippen LogP contribution is -2.50. The predicted molar refractivity (Wildman–Crippen MR) is 145 cm³/mol. The van der Waals surface area contributed by atoms with Crippen molar-refractivity contribution in [2.24, 2.45) is 16.8 Å². The third kappa shape index (κ3) is 7.81. The molecule has 0 saturated carbocycles. The first-order valence-electron chi connectivity index (χ1n) is 12.1. The molecule has 2 aliphatic rings. The summed E-state index contributed by atoms with van der Waals surface area (Å²) in [5, 5.41) is 6.95. The summed E-state index contributed by atoms with van der Waals surface area (Å²) >= 11 is 0. The molecular formula is C25H42IN5O. The van der Waals surface area contributed by atoms with Crippen LogP contribution in [-0.4, -0.2) is 55.5 Å². The summed E-state index contributed by atoms with van der Waals surface area (Å²) in [6.07, 6.45) is 4.50. The van der Waals surface area contributed by atoms with E-state index in [1.165, 1.54) is 24.1 Å². The van der Waals surface area contributed by atoms with Gasteiger partial charge in [-0.3, -0.25) is 4.79 Å². The van der Waals surface area contributed by atoms with E-state index in [4.69, 9.17) is 4.99 Å². The van der Waals surface area contributed by atoms with Crippen molar-refractivity contribution in [1.82, 2.24) is 15.5 Å². The molecule has 0 radical (unpaired) electrons. The van der Waals surface area contributed by atoms with Crippen molar-refractivity contribution in [3.63, 3.8) is 0 Å². The summed E-state index contributed by atoms with van der Waals surface area (Å²) in [5.41, 5.74) is 2.55. The van der Waals surface area contributed by atoms with Crippen LogP contribution in [-0.2, 0) is 11.3 Å². The Bertz CT molecular complexity index is 720. The molecule has 1 amide bonds. The van der Waals surface area contributed by atoms with E-state index < -0.39 is 0 Å². The van der Waals surface area contributed by atoms with Crippen LogP contribution in [0.15, 0.2) is 29.3 Å². The minimum Gasteiger partial charge on any atom is -0.372 e. The lowest BCUT2D eigenvalue weighted by molar-refractivity contribution is -0.135. The fraction of sp³-hybridized carbons (Fsp3) is 0.680. The van der Waals surface area contributed by atoms with Gasteiger partial charge in [-0.15, -0.1) is 24.0 Å². The molecule has 1 aromatic rings. The number of amides is 1. The smallest absolute Gasteiger partial charge is 0.225 e. The summed E-state index contributed by atoms with van der Waals surface area (Å²) in [7, 11) is 0. The molecule has 6 nitrogen and oxygen atoms in total. The largest absolute Gasteiger partial charge is 0.372 e. The van der Waals surface area contributed by atoms with Crippen LogP contribution in [0.2, 0.25) is 0 Å². The molecule has 0 bridgehead atoms. The number of carbonyl (C=O) groups excluding carboxylic acids is 1. The number of carbonyl (C=O) groups is 1. The van der Waals surface area contributed by atoms with Gasteiger partial charge in [0.2, 0.25) is 5.91 Å². The maximum Gasteiger partial charge on any atom is 0.225 e. The van der Waals surface area contributed by atoms with Gasteiger partial charge in [-0.1, -0.05) is 32.9 Å². The second kappa shape index (κ2) is 13.3. The van der Waals surface area contributed by atoms with Gasteiger partial charge in [0.15, 0.2) is 5.96 Å². The van der Waals surface area contributed by atoms with Crippen LogP contribution in [0.25, 0.3) is 0 Å². The number of rotatable bonds is 6. The van der Waals surface area contributed by atoms with Crippen LogP contribution in [0.1, 0.15) is 58.9 Å². The number of hydrogen-bond donors (Lipinski definition) is 2. The van der Waals surface area contributed by atoms with Crippen molar-refractivity contribution in [2.75, 3.05) is 37.6 Å². The third-order valence-electron chi connectivity index (χ3n) is 6.49. The Morgan fingerprint density at radius 3 is 2.25 bits per heavy atom. The van der Waals surface area contributed by atoms with Gasteiger partial charge >= 0.3 is 0 Å². The quantitative estimate of drug-likeness (QED) is 0.313. The van der Waals surface area contributed by atoms with Gasteiger partial charge in [0, 0.05) is 50.4 Å². The SMILES string of the molecule is CCNC(=NCc1ccc(N2CCC(C)CC2)cc1)NC1CCN(C(=O)C(C)C)CC1.I. The molecule has 2 heterocycles. The highest BCUT2D eigenvalue weighted by atomic mass is 127. The van der Waals surface area contributed by atoms with Crippen molar-refractivity contribution < 1.29 is 4.79 Å². The second-order valence-electron chi connectivity index (χ2n) is 9.43. The highest BCUT2D eigenvalue weighted by Gasteiger charge is 2.24. The maximum absolute atomic E-state index is 12.2. The van der Waals surface area contributed by atoms with Gasteiger partial charge in [-0.2, -0.15) is 0 Å². The molecule has 2 N–H and O–H groups in total. The number of likely N-dealkylation sites (tertiary alicyclic amines) is 1. The normalized spacial score (nSPS) is 18.5. The van der Waals surface area contributed by atoms with E-state index in [2.05, 4.69) is 53.6 Å². The Labute approximate surface area is 211 Å². The third-order valence-corrected chi connectivity index (χ3v) is 6.49. The van der Waals surface area contributed by atoms with E-state index in [1.807, 2.05) is 18.7 Å². The number of hydrogen-bond acceptors (Lipinski definition) is 3. The van der Waals surface area contributed by atoms with Crippen molar-refractivity contribution in [3.05, 3.63) is 29.8 Å². The molecular weight excluding hydrogens is 513 g/mol. The van der Waals surface area contributed by atoms with Crippen molar-refractivity contribution in [1.29, 1.82) is 0 Å². The van der Waals surface area contributed by atoms with Crippen molar-refractivity contribution in [3.8, 4) is 0 Å². The molecule has 0 aliphatic carbocycles. The number of nitrogens with zero attached hydrogens (tertiary/aromatic N) is 3. The van der Waals surface area contributed by atoms with E-state index in [0.29, 0.717) is 12.6 Å². The molecule has 0 spiro atoms. The molecule has 180 valence electrons. The first kappa shape index (κ1) is 26.7. The van der Waals surface area contributed by atoms with E-state index in [-0.39, 0.29) is 35.8 Å².